The van der Waals surface area contributed by atoms with Gasteiger partial charge >= 0.3 is 6.18 Å². The fourth-order valence-electron chi connectivity index (χ4n) is 2.65. The molecule has 1 heterocycles. The van der Waals surface area contributed by atoms with Crippen LogP contribution in [0.3, 0.4) is 0 Å². The average molecular weight is 410 g/mol. The summed E-state index contributed by atoms with van der Waals surface area (Å²) in [6, 6.07) is 9.49. The van der Waals surface area contributed by atoms with Crippen molar-refractivity contribution in [2.24, 2.45) is 0 Å². The lowest BCUT2D eigenvalue weighted by molar-refractivity contribution is -0.137. The molecule has 0 radical (unpaired) electrons. The third-order valence-corrected chi connectivity index (χ3v) is 4.38. The molecule has 0 fully saturated rings. The Balaban J connectivity index is 1.87. The van der Waals surface area contributed by atoms with Gasteiger partial charge in [-0.05, 0) is 43.3 Å². The first-order chi connectivity index (χ1) is 13.2. The summed E-state index contributed by atoms with van der Waals surface area (Å²) >= 11 is 6.04. The number of carbonyl (C=O) groups is 1. The van der Waals surface area contributed by atoms with Gasteiger partial charge in [0, 0.05) is 5.69 Å². The molecule has 0 aliphatic rings. The molecule has 0 atom stereocenters. The normalized spacial score (nSPS) is 11.4. The van der Waals surface area contributed by atoms with Crippen LogP contribution in [0.4, 0.5) is 18.9 Å². The number of ether oxygens (including phenoxy) is 1. The largest absolute Gasteiger partial charge is 0.495 e. The van der Waals surface area contributed by atoms with Crippen LogP contribution in [-0.4, -0.2) is 22.8 Å². The predicted octanol–water partition coefficient (Wildman–Crippen LogP) is 5.11. The van der Waals surface area contributed by atoms with Gasteiger partial charge in [0.25, 0.3) is 5.91 Å². The van der Waals surface area contributed by atoms with Crippen LogP contribution < -0.4 is 10.1 Å². The van der Waals surface area contributed by atoms with Gasteiger partial charge in [-0.1, -0.05) is 17.7 Å². The molecule has 0 aliphatic carbocycles. The number of alkyl halides is 3. The number of hydrogen-bond donors (Lipinski definition) is 1. The minimum Gasteiger partial charge on any atom is -0.495 e. The second kappa shape index (κ2) is 7.55. The molecule has 0 unspecified atom stereocenters. The molecule has 0 saturated heterocycles. The first kappa shape index (κ1) is 19.8. The molecule has 1 aromatic heterocycles. The number of nitrogens with one attached hydrogen (secondary N) is 1. The number of rotatable bonds is 4. The molecule has 0 saturated carbocycles. The molecule has 2 aromatic carbocycles. The van der Waals surface area contributed by atoms with Crippen LogP contribution in [-0.2, 0) is 6.18 Å². The molecule has 9 heteroatoms. The highest BCUT2D eigenvalue weighted by atomic mass is 35.5. The lowest BCUT2D eigenvalue weighted by Crippen LogP contribution is -2.13. The van der Waals surface area contributed by atoms with Crippen LogP contribution in [0, 0.1) is 6.92 Å². The van der Waals surface area contributed by atoms with Gasteiger partial charge in [0.15, 0.2) is 0 Å². The van der Waals surface area contributed by atoms with Gasteiger partial charge in [-0.3, -0.25) is 4.79 Å². The Morgan fingerprint density at radius 3 is 2.61 bits per heavy atom. The molecule has 3 aromatic rings. The number of nitrogens with zero attached hydrogens (tertiary/aromatic N) is 2. The van der Waals surface area contributed by atoms with Crippen molar-refractivity contribution >= 4 is 23.2 Å². The number of hydrogen-bond acceptors (Lipinski definition) is 3. The van der Waals surface area contributed by atoms with E-state index in [1.165, 1.54) is 36.2 Å². The van der Waals surface area contributed by atoms with E-state index in [1.54, 1.807) is 19.1 Å². The quantitative estimate of drug-likeness (QED) is 0.651. The molecule has 5 nitrogen and oxygen atoms in total. The smallest absolute Gasteiger partial charge is 0.416 e. The van der Waals surface area contributed by atoms with E-state index >= 15 is 0 Å². The number of methoxy groups -OCH3 is 1. The molecule has 146 valence electrons. The van der Waals surface area contributed by atoms with Gasteiger partial charge in [-0.25, -0.2) is 4.68 Å². The van der Waals surface area contributed by atoms with Crippen LogP contribution in [0.2, 0.25) is 5.02 Å². The number of halogens is 4. The van der Waals surface area contributed by atoms with E-state index in [-0.39, 0.29) is 11.3 Å². The minimum absolute atomic E-state index is 0.207. The van der Waals surface area contributed by atoms with Crippen LogP contribution in [0.5, 0.6) is 5.75 Å². The Hall–Kier alpha value is -3.00. The van der Waals surface area contributed by atoms with Crippen molar-refractivity contribution in [3.8, 4) is 11.4 Å². The van der Waals surface area contributed by atoms with Crippen LogP contribution >= 0.6 is 11.6 Å². The van der Waals surface area contributed by atoms with Crippen LogP contribution in [0.1, 0.15) is 21.6 Å². The molecular formula is C19H15ClF3N3O2. The summed E-state index contributed by atoms with van der Waals surface area (Å²) in [4.78, 5) is 12.6. The van der Waals surface area contributed by atoms with Gasteiger partial charge < -0.3 is 10.1 Å². The summed E-state index contributed by atoms with van der Waals surface area (Å²) in [7, 11) is 1.48. The molecule has 1 N–H and O–H groups in total. The maximum absolute atomic E-state index is 12.9. The van der Waals surface area contributed by atoms with Crippen molar-refractivity contribution in [3.05, 3.63) is 70.5 Å². The van der Waals surface area contributed by atoms with E-state index in [0.717, 1.165) is 12.1 Å². The standard InChI is InChI=1S/C19H15ClF3N3O2/c1-11-15(18(27)25-13-6-7-17(28-2)16(20)9-13)10-24-26(11)14-5-3-4-12(8-14)19(21,22)23/h3-10H,1-2H3,(H,25,27). The van der Waals surface area contributed by atoms with E-state index in [0.29, 0.717) is 22.2 Å². The number of carbonyl (C=O) groups excluding carboxylic acids is 1. The van der Waals surface area contributed by atoms with Gasteiger partial charge in [-0.15, -0.1) is 0 Å². The zero-order valence-electron chi connectivity index (χ0n) is 14.8. The zero-order valence-corrected chi connectivity index (χ0v) is 15.6. The van der Waals surface area contributed by atoms with E-state index in [2.05, 4.69) is 10.4 Å². The van der Waals surface area contributed by atoms with Crippen molar-refractivity contribution < 1.29 is 22.7 Å². The highest BCUT2D eigenvalue weighted by molar-refractivity contribution is 6.32. The minimum atomic E-state index is -4.47. The summed E-state index contributed by atoms with van der Waals surface area (Å²) in [6.07, 6.45) is -3.17. The SMILES string of the molecule is COc1ccc(NC(=O)c2cnn(-c3cccc(C(F)(F)F)c3)c2C)cc1Cl. The first-order valence-corrected chi connectivity index (χ1v) is 8.45. The highest BCUT2D eigenvalue weighted by Gasteiger charge is 2.30. The Morgan fingerprint density at radius 1 is 1.21 bits per heavy atom. The molecule has 1 amide bonds. The molecule has 0 aliphatic heterocycles. The van der Waals surface area contributed by atoms with Gasteiger partial charge in [-0.2, -0.15) is 18.3 Å². The second-order valence-corrected chi connectivity index (χ2v) is 6.31. The van der Waals surface area contributed by atoms with Gasteiger partial charge in [0.05, 0.1) is 40.8 Å². The monoisotopic (exact) mass is 409 g/mol. The Kier molecular flexibility index (Phi) is 5.33. The summed E-state index contributed by atoms with van der Waals surface area (Å²) < 4.78 is 45.1. The number of aromatic nitrogens is 2. The lowest BCUT2D eigenvalue weighted by Gasteiger charge is -2.10. The Labute approximate surface area is 163 Å². The average Bonchev–Trinajstić information content (AvgIpc) is 3.03. The van der Waals surface area contributed by atoms with Crippen LogP contribution in [0.25, 0.3) is 5.69 Å². The van der Waals surface area contributed by atoms with Gasteiger partial charge in [0.1, 0.15) is 5.75 Å². The molecule has 3 rings (SSSR count). The lowest BCUT2D eigenvalue weighted by atomic mass is 10.2. The highest BCUT2D eigenvalue weighted by Crippen LogP contribution is 2.31. The number of anilines is 1. The predicted molar refractivity (Wildman–Crippen MR) is 99.3 cm³/mol. The molecule has 0 spiro atoms. The third kappa shape index (κ3) is 3.96. The third-order valence-electron chi connectivity index (χ3n) is 4.08. The van der Waals surface area contributed by atoms with Crippen molar-refractivity contribution in [1.82, 2.24) is 9.78 Å². The second-order valence-electron chi connectivity index (χ2n) is 5.91. The Morgan fingerprint density at radius 2 is 1.96 bits per heavy atom. The van der Waals surface area contributed by atoms with E-state index in [1.807, 2.05) is 0 Å². The van der Waals surface area contributed by atoms with Gasteiger partial charge in [0.2, 0.25) is 0 Å². The van der Waals surface area contributed by atoms with E-state index < -0.39 is 17.6 Å². The summed E-state index contributed by atoms with van der Waals surface area (Å²) in [5.74, 6) is 0.00479. The van der Waals surface area contributed by atoms with Crippen molar-refractivity contribution in [1.29, 1.82) is 0 Å². The number of amides is 1. The summed E-state index contributed by atoms with van der Waals surface area (Å²) in [5.41, 5.74) is 0.487. The van der Waals surface area contributed by atoms with E-state index in [9.17, 15) is 18.0 Å². The molecule has 0 bridgehead atoms. The van der Waals surface area contributed by atoms with Crippen LogP contribution in [0.15, 0.2) is 48.7 Å². The zero-order chi connectivity index (χ0) is 20.5. The first-order valence-electron chi connectivity index (χ1n) is 8.08. The fraction of sp³-hybridized carbons (Fsp3) is 0.158. The van der Waals surface area contributed by atoms with E-state index in [4.69, 9.17) is 16.3 Å². The molecule has 28 heavy (non-hydrogen) atoms. The number of benzene rings is 2. The van der Waals surface area contributed by atoms with Crippen molar-refractivity contribution in [2.75, 3.05) is 12.4 Å². The van der Waals surface area contributed by atoms with Crippen molar-refractivity contribution in [2.45, 2.75) is 13.1 Å². The van der Waals surface area contributed by atoms with Crippen molar-refractivity contribution in [3.63, 3.8) is 0 Å². The Bertz CT molecular complexity index is 1030. The topological polar surface area (TPSA) is 56.1 Å². The molecular weight excluding hydrogens is 395 g/mol. The maximum Gasteiger partial charge on any atom is 0.416 e. The maximum atomic E-state index is 12.9. The fourth-order valence-corrected chi connectivity index (χ4v) is 2.91. The summed E-state index contributed by atoms with van der Waals surface area (Å²) in [5, 5.41) is 7.07. The summed E-state index contributed by atoms with van der Waals surface area (Å²) in [6.45, 7) is 1.60.